The Morgan fingerprint density at radius 1 is 0.962 bits per heavy atom. The van der Waals surface area contributed by atoms with Crippen molar-refractivity contribution in [1.82, 2.24) is 9.97 Å². The standard InChI is InChI=1S/C19H12F3N3O/c20-19(21,22)11-4-3-5-12(10-11)24-15-8-9-23-17-16(15)13-6-1-2-7-14(13)18(26)25-17/h1-10H,(H2,23,24,25,26). The second-order valence-electron chi connectivity index (χ2n) is 5.79. The molecular weight excluding hydrogens is 343 g/mol. The van der Waals surface area contributed by atoms with Crippen LogP contribution in [0.3, 0.4) is 0 Å². The number of nitrogens with zero attached hydrogens (tertiary/aromatic N) is 1. The summed E-state index contributed by atoms with van der Waals surface area (Å²) in [5.41, 5.74) is 0.214. The number of benzene rings is 2. The summed E-state index contributed by atoms with van der Waals surface area (Å²) in [6.07, 6.45) is -2.93. The Balaban J connectivity index is 1.91. The molecule has 0 atom stereocenters. The summed E-state index contributed by atoms with van der Waals surface area (Å²) < 4.78 is 38.8. The van der Waals surface area contributed by atoms with E-state index >= 15 is 0 Å². The molecule has 2 aromatic carbocycles. The summed E-state index contributed by atoms with van der Waals surface area (Å²) in [4.78, 5) is 19.1. The quantitative estimate of drug-likeness (QED) is 0.506. The van der Waals surface area contributed by atoms with Crippen molar-refractivity contribution in [2.24, 2.45) is 0 Å². The highest BCUT2D eigenvalue weighted by molar-refractivity contribution is 6.10. The van der Waals surface area contributed by atoms with Gasteiger partial charge in [-0.1, -0.05) is 24.3 Å². The highest BCUT2D eigenvalue weighted by Gasteiger charge is 2.30. The topological polar surface area (TPSA) is 57.8 Å². The van der Waals surface area contributed by atoms with Crippen molar-refractivity contribution < 1.29 is 13.2 Å². The van der Waals surface area contributed by atoms with E-state index in [2.05, 4.69) is 15.3 Å². The SMILES string of the molecule is O=c1[nH]c2nccc(Nc3cccc(C(F)(F)F)c3)c2c2ccccc12. The maximum atomic E-state index is 12.9. The van der Waals surface area contributed by atoms with Crippen molar-refractivity contribution in [2.75, 3.05) is 5.32 Å². The van der Waals surface area contributed by atoms with E-state index < -0.39 is 11.7 Å². The second kappa shape index (κ2) is 5.87. The molecular formula is C19H12F3N3O. The second-order valence-corrected chi connectivity index (χ2v) is 5.79. The monoisotopic (exact) mass is 355 g/mol. The summed E-state index contributed by atoms with van der Waals surface area (Å²) in [6.45, 7) is 0. The van der Waals surface area contributed by atoms with E-state index in [1.165, 1.54) is 12.3 Å². The molecule has 0 aliphatic heterocycles. The van der Waals surface area contributed by atoms with E-state index in [1.807, 2.05) is 0 Å². The average Bonchev–Trinajstić information content (AvgIpc) is 2.61. The number of hydrogen-bond acceptors (Lipinski definition) is 3. The van der Waals surface area contributed by atoms with Gasteiger partial charge in [-0.3, -0.25) is 4.79 Å². The van der Waals surface area contributed by atoms with Crippen molar-refractivity contribution in [3.63, 3.8) is 0 Å². The highest BCUT2D eigenvalue weighted by atomic mass is 19.4. The third-order valence-electron chi connectivity index (χ3n) is 4.09. The van der Waals surface area contributed by atoms with E-state index in [1.54, 1.807) is 36.4 Å². The highest BCUT2D eigenvalue weighted by Crippen LogP contribution is 2.33. The number of aromatic nitrogens is 2. The van der Waals surface area contributed by atoms with Gasteiger partial charge in [-0.25, -0.2) is 4.98 Å². The van der Waals surface area contributed by atoms with Crippen LogP contribution in [0.15, 0.2) is 65.6 Å². The third kappa shape index (κ3) is 2.77. The summed E-state index contributed by atoms with van der Waals surface area (Å²) in [7, 11) is 0. The molecule has 2 N–H and O–H groups in total. The van der Waals surface area contributed by atoms with E-state index in [9.17, 15) is 18.0 Å². The van der Waals surface area contributed by atoms with Crippen LogP contribution >= 0.6 is 0 Å². The molecule has 0 fully saturated rings. The number of anilines is 2. The van der Waals surface area contributed by atoms with Crippen molar-refractivity contribution in [3.8, 4) is 0 Å². The molecule has 0 aliphatic rings. The molecule has 2 heterocycles. The van der Waals surface area contributed by atoms with Crippen molar-refractivity contribution in [3.05, 3.63) is 76.7 Å². The lowest BCUT2D eigenvalue weighted by Gasteiger charge is -2.13. The third-order valence-corrected chi connectivity index (χ3v) is 4.09. The fourth-order valence-corrected chi connectivity index (χ4v) is 2.94. The van der Waals surface area contributed by atoms with Gasteiger partial charge in [0.1, 0.15) is 5.65 Å². The van der Waals surface area contributed by atoms with Crippen molar-refractivity contribution in [1.29, 1.82) is 0 Å². The molecule has 4 aromatic rings. The number of pyridine rings is 2. The number of halogens is 3. The first-order chi connectivity index (χ1) is 12.4. The molecule has 0 unspecified atom stereocenters. The smallest absolute Gasteiger partial charge is 0.355 e. The van der Waals surface area contributed by atoms with Crippen LogP contribution in [-0.2, 0) is 6.18 Å². The van der Waals surface area contributed by atoms with Gasteiger partial charge in [0.2, 0.25) is 0 Å². The first kappa shape index (κ1) is 16.1. The van der Waals surface area contributed by atoms with Crippen LogP contribution in [0.5, 0.6) is 0 Å². The Hall–Kier alpha value is -3.35. The lowest BCUT2D eigenvalue weighted by molar-refractivity contribution is -0.137. The molecule has 26 heavy (non-hydrogen) atoms. The number of alkyl halides is 3. The molecule has 7 heteroatoms. The predicted octanol–water partition coefficient (Wildman–Crippen LogP) is 4.84. The zero-order chi connectivity index (χ0) is 18.3. The molecule has 4 rings (SSSR count). The molecule has 0 spiro atoms. The predicted molar refractivity (Wildman–Crippen MR) is 94.6 cm³/mol. The van der Waals surface area contributed by atoms with Gasteiger partial charge >= 0.3 is 6.18 Å². The van der Waals surface area contributed by atoms with Gasteiger partial charge in [-0.2, -0.15) is 13.2 Å². The Morgan fingerprint density at radius 3 is 2.50 bits per heavy atom. The summed E-state index contributed by atoms with van der Waals surface area (Å²) >= 11 is 0. The number of fused-ring (bicyclic) bond motifs is 3. The van der Waals surface area contributed by atoms with Gasteiger partial charge in [0.25, 0.3) is 5.56 Å². The van der Waals surface area contributed by atoms with E-state index in [4.69, 9.17) is 0 Å². The van der Waals surface area contributed by atoms with Gasteiger partial charge in [0.15, 0.2) is 0 Å². The fourth-order valence-electron chi connectivity index (χ4n) is 2.94. The molecule has 0 saturated carbocycles. The van der Waals surface area contributed by atoms with Crippen LogP contribution in [0.2, 0.25) is 0 Å². The number of nitrogens with one attached hydrogen (secondary N) is 2. The summed E-state index contributed by atoms with van der Waals surface area (Å²) in [6, 6.07) is 13.6. The molecule has 4 nitrogen and oxygen atoms in total. The molecule has 0 radical (unpaired) electrons. The first-order valence-electron chi connectivity index (χ1n) is 7.77. The normalized spacial score (nSPS) is 11.8. The van der Waals surface area contributed by atoms with Gasteiger partial charge in [-0.15, -0.1) is 0 Å². The largest absolute Gasteiger partial charge is 0.416 e. The van der Waals surface area contributed by atoms with Crippen LogP contribution in [0.25, 0.3) is 21.8 Å². The Labute approximate surface area is 145 Å². The minimum Gasteiger partial charge on any atom is -0.355 e. The van der Waals surface area contributed by atoms with Crippen LogP contribution in [-0.4, -0.2) is 9.97 Å². The van der Waals surface area contributed by atoms with E-state index in [0.717, 1.165) is 12.1 Å². The van der Waals surface area contributed by atoms with Crippen LogP contribution < -0.4 is 10.9 Å². The average molecular weight is 355 g/mol. The van der Waals surface area contributed by atoms with Crippen LogP contribution in [0.4, 0.5) is 24.5 Å². The van der Waals surface area contributed by atoms with Gasteiger partial charge in [-0.05, 0) is 30.3 Å². The first-order valence-corrected chi connectivity index (χ1v) is 7.77. The molecule has 0 amide bonds. The van der Waals surface area contributed by atoms with Crippen molar-refractivity contribution >= 4 is 33.2 Å². The van der Waals surface area contributed by atoms with E-state index in [0.29, 0.717) is 33.2 Å². The Bertz CT molecular complexity index is 1180. The van der Waals surface area contributed by atoms with E-state index in [-0.39, 0.29) is 5.56 Å². The number of aromatic amines is 1. The Morgan fingerprint density at radius 2 is 1.73 bits per heavy atom. The Kier molecular flexibility index (Phi) is 3.64. The minimum absolute atomic E-state index is 0.267. The number of rotatable bonds is 2. The maximum Gasteiger partial charge on any atom is 0.416 e. The van der Waals surface area contributed by atoms with Crippen LogP contribution in [0, 0.1) is 0 Å². The summed E-state index contributed by atoms with van der Waals surface area (Å²) in [5.74, 6) is 0. The molecule has 130 valence electrons. The fraction of sp³-hybridized carbons (Fsp3) is 0.0526. The molecule has 2 aromatic heterocycles. The zero-order valence-corrected chi connectivity index (χ0v) is 13.3. The lowest BCUT2D eigenvalue weighted by atomic mass is 10.1. The zero-order valence-electron chi connectivity index (χ0n) is 13.3. The van der Waals surface area contributed by atoms with Gasteiger partial charge < -0.3 is 10.3 Å². The lowest BCUT2D eigenvalue weighted by Crippen LogP contribution is -2.08. The van der Waals surface area contributed by atoms with Crippen LogP contribution in [0.1, 0.15) is 5.56 Å². The number of hydrogen-bond donors (Lipinski definition) is 2. The van der Waals surface area contributed by atoms with Gasteiger partial charge in [0.05, 0.1) is 11.3 Å². The molecule has 0 bridgehead atoms. The summed E-state index contributed by atoms with van der Waals surface area (Å²) in [5, 5.41) is 4.81. The van der Waals surface area contributed by atoms with Crippen molar-refractivity contribution in [2.45, 2.75) is 6.18 Å². The minimum atomic E-state index is -4.42. The molecule has 0 aliphatic carbocycles. The molecule has 0 saturated heterocycles. The van der Waals surface area contributed by atoms with Gasteiger partial charge in [0, 0.05) is 28.0 Å². The number of H-pyrrole nitrogens is 1. The maximum absolute atomic E-state index is 12.9.